The number of hydrogen-bond donors (Lipinski definition) is 2. The molecule has 1 aliphatic carbocycles. The van der Waals surface area contributed by atoms with E-state index in [4.69, 9.17) is 5.73 Å². The fraction of sp³-hybridized carbons (Fsp3) is 0.588. The Kier molecular flexibility index (Phi) is 5.60. The summed E-state index contributed by atoms with van der Waals surface area (Å²) in [4.78, 5) is 12.3. The SMILES string of the molecule is CC1CCCCC1CNC(=O)C(CN)c1ccccc1. The zero-order valence-corrected chi connectivity index (χ0v) is 12.3. The van der Waals surface area contributed by atoms with Crippen molar-refractivity contribution in [2.45, 2.75) is 38.5 Å². The first-order valence-corrected chi connectivity index (χ1v) is 7.75. The van der Waals surface area contributed by atoms with Gasteiger partial charge < -0.3 is 11.1 Å². The van der Waals surface area contributed by atoms with Crippen molar-refractivity contribution in [1.29, 1.82) is 0 Å². The average molecular weight is 274 g/mol. The van der Waals surface area contributed by atoms with Crippen LogP contribution < -0.4 is 11.1 Å². The molecule has 0 heterocycles. The molecule has 1 fully saturated rings. The molecule has 0 radical (unpaired) electrons. The normalized spacial score (nSPS) is 24.1. The van der Waals surface area contributed by atoms with Gasteiger partial charge in [0.15, 0.2) is 0 Å². The van der Waals surface area contributed by atoms with Crippen LogP contribution in [-0.2, 0) is 4.79 Å². The average Bonchev–Trinajstić information content (AvgIpc) is 2.48. The molecule has 0 saturated heterocycles. The lowest BCUT2D eigenvalue weighted by atomic mass is 9.80. The third-order valence-electron chi connectivity index (χ3n) is 4.58. The molecular weight excluding hydrogens is 248 g/mol. The van der Waals surface area contributed by atoms with E-state index in [0.29, 0.717) is 12.5 Å². The number of carbonyl (C=O) groups is 1. The van der Waals surface area contributed by atoms with Gasteiger partial charge in [-0.05, 0) is 23.8 Å². The monoisotopic (exact) mass is 274 g/mol. The molecule has 0 aliphatic heterocycles. The highest BCUT2D eigenvalue weighted by molar-refractivity contribution is 5.83. The number of rotatable bonds is 5. The smallest absolute Gasteiger partial charge is 0.228 e. The van der Waals surface area contributed by atoms with Gasteiger partial charge in [-0.2, -0.15) is 0 Å². The van der Waals surface area contributed by atoms with Crippen molar-refractivity contribution >= 4 is 5.91 Å². The first kappa shape index (κ1) is 15.0. The van der Waals surface area contributed by atoms with Crippen molar-refractivity contribution in [1.82, 2.24) is 5.32 Å². The summed E-state index contributed by atoms with van der Waals surface area (Å²) in [5.74, 6) is 1.19. The zero-order valence-electron chi connectivity index (χ0n) is 12.3. The standard InChI is InChI=1S/C17H26N2O/c1-13-7-5-6-10-15(13)12-19-17(20)16(11-18)14-8-3-2-4-9-14/h2-4,8-9,13,15-16H,5-7,10-12,18H2,1H3,(H,19,20). The van der Waals surface area contributed by atoms with Gasteiger partial charge in [0.2, 0.25) is 5.91 Å². The van der Waals surface area contributed by atoms with Gasteiger partial charge in [0.25, 0.3) is 0 Å². The predicted molar refractivity (Wildman–Crippen MR) is 82.4 cm³/mol. The summed E-state index contributed by atoms with van der Waals surface area (Å²) in [6, 6.07) is 9.81. The molecule has 1 aliphatic rings. The van der Waals surface area contributed by atoms with Gasteiger partial charge in [-0.25, -0.2) is 0 Å². The van der Waals surface area contributed by atoms with Crippen molar-refractivity contribution in [3.05, 3.63) is 35.9 Å². The lowest BCUT2D eigenvalue weighted by molar-refractivity contribution is -0.122. The van der Waals surface area contributed by atoms with Crippen molar-refractivity contribution in [2.75, 3.05) is 13.1 Å². The molecule has 110 valence electrons. The number of carbonyl (C=O) groups excluding carboxylic acids is 1. The van der Waals surface area contributed by atoms with E-state index in [9.17, 15) is 4.79 Å². The Balaban J connectivity index is 1.89. The van der Waals surface area contributed by atoms with Crippen LogP contribution in [0.15, 0.2) is 30.3 Å². The van der Waals surface area contributed by atoms with Crippen LogP contribution in [0, 0.1) is 11.8 Å². The molecule has 3 N–H and O–H groups in total. The number of nitrogens with two attached hydrogens (primary N) is 1. The Labute approximate surface area is 121 Å². The van der Waals surface area contributed by atoms with E-state index in [2.05, 4.69) is 12.2 Å². The van der Waals surface area contributed by atoms with Crippen LogP contribution >= 0.6 is 0 Å². The van der Waals surface area contributed by atoms with Crippen molar-refractivity contribution < 1.29 is 4.79 Å². The van der Waals surface area contributed by atoms with Gasteiger partial charge in [-0.15, -0.1) is 0 Å². The van der Waals surface area contributed by atoms with E-state index < -0.39 is 0 Å². The van der Waals surface area contributed by atoms with Gasteiger partial charge >= 0.3 is 0 Å². The molecule has 20 heavy (non-hydrogen) atoms. The second-order valence-corrected chi connectivity index (χ2v) is 5.97. The van der Waals surface area contributed by atoms with Crippen LogP contribution in [0.4, 0.5) is 0 Å². The second kappa shape index (κ2) is 7.44. The molecule has 2 rings (SSSR count). The van der Waals surface area contributed by atoms with Crippen LogP contribution in [0.25, 0.3) is 0 Å². The summed E-state index contributed by atoms with van der Waals surface area (Å²) in [5, 5.41) is 3.11. The van der Waals surface area contributed by atoms with Crippen LogP contribution in [0.2, 0.25) is 0 Å². The van der Waals surface area contributed by atoms with Gasteiger partial charge in [0, 0.05) is 13.1 Å². The molecule has 1 saturated carbocycles. The number of amides is 1. The first-order chi connectivity index (χ1) is 9.72. The van der Waals surface area contributed by atoms with Crippen LogP contribution in [0.5, 0.6) is 0 Å². The maximum atomic E-state index is 12.3. The number of nitrogens with one attached hydrogen (secondary N) is 1. The molecule has 0 spiro atoms. The lowest BCUT2D eigenvalue weighted by Gasteiger charge is -2.29. The van der Waals surface area contributed by atoms with E-state index in [0.717, 1.165) is 18.0 Å². The summed E-state index contributed by atoms with van der Waals surface area (Å²) in [6.07, 6.45) is 5.16. The number of benzene rings is 1. The van der Waals surface area contributed by atoms with E-state index in [-0.39, 0.29) is 11.8 Å². The molecule has 0 aromatic heterocycles. The highest BCUT2D eigenvalue weighted by Gasteiger charge is 2.24. The van der Waals surface area contributed by atoms with Gasteiger partial charge in [-0.3, -0.25) is 4.79 Å². The summed E-state index contributed by atoms with van der Waals surface area (Å²) >= 11 is 0. The molecule has 0 bridgehead atoms. The molecule has 3 atom stereocenters. The maximum Gasteiger partial charge on any atom is 0.228 e. The summed E-state index contributed by atoms with van der Waals surface area (Å²) in [6.45, 7) is 3.45. The molecule has 1 amide bonds. The molecular formula is C17H26N2O. The predicted octanol–water partition coefficient (Wildman–Crippen LogP) is 2.67. The van der Waals surface area contributed by atoms with E-state index >= 15 is 0 Å². The largest absolute Gasteiger partial charge is 0.355 e. The zero-order chi connectivity index (χ0) is 14.4. The minimum atomic E-state index is -0.227. The van der Waals surface area contributed by atoms with Crippen molar-refractivity contribution in [2.24, 2.45) is 17.6 Å². The lowest BCUT2D eigenvalue weighted by Crippen LogP contribution is -2.38. The van der Waals surface area contributed by atoms with Crippen molar-refractivity contribution in [3.63, 3.8) is 0 Å². The fourth-order valence-electron chi connectivity index (χ4n) is 3.13. The molecule has 3 unspecified atom stereocenters. The van der Waals surface area contributed by atoms with E-state index in [1.807, 2.05) is 30.3 Å². The van der Waals surface area contributed by atoms with Gasteiger partial charge in [0.05, 0.1) is 5.92 Å². The Bertz CT molecular complexity index is 418. The van der Waals surface area contributed by atoms with Crippen molar-refractivity contribution in [3.8, 4) is 0 Å². The summed E-state index contributed by atoms with van der Waals surface area (Å²) < 4.78 is 0. The Morgan fingerprint density at radius 2 is 2.00 bits per heavy atom. The third-order valence-corrected chi connectivity index (χ3v) is 4.58. The Hall–Kier alpha value is -1.35. The van der Waals surface area contributed by atoms with E-state index in [1.54, 1.807) is 0 Å². The maximum absolute atomic E-state index is 12.3. The summed E-state index contributed by atoms with van der Waals surface area (Å²) in [5.41, 5.74) is 6.78. The quantitative estimate of drug-likeness (QED) is 0.867. The topological polar surface area (TPSA) is 55.1 Å². The van der Waals surface area contributed by atoms with Crippen LogP contribution in [0.3, 0.4) is 0 Å². The molecule has 1 aromatic rings. The van der Waals surface area contributed by atoms with Gasteiger partial charge in [-0.1, -0.05) is 56.5 Å². The molecule has 1 aromatic carbocycles. The molecule has 3 nitrogen and oxygen atoms in total. The minimum absolute atomic E-state index is 0.0662. The number of hydrogen-bond acceptors (Lipinski definition) is 2. The second-order valence-electron chi connectivity index (χ2n) is 5.97. The fourth-order valence-corrected chi connectivity index (χ4v) is 3.13. The van der Waals surface area contributed by atoms with E-state index in [1.165, 1.54) is 25.7 Å². The minimum Gasteiger partial charge on any atom is -0.355 e. The first-order valence-electron chi connectivity index (χ1n) is 7.75. The Morgan fingerprint density at radius 3 is 2.65 bits per heavy atom. The van der Waals surface area contributed by atoms with Gasteiger partial charge in [0.1, 0.15) is 0 Å². The Morgan fingerprint density at radius 1 is 1.30 bits per heavy atom. The van der Waals surface area contributed by atoms with Crippen LogP contribution in [0.1, 0.15) is 44.1 Å². The highest BCUT2D eigenvalue weighted by Crippen LogP contribution is 2.29. The molecule has 3 heteroatoms. The highest BCUT2D eigenvalue weighted by atomic mass is 16.1. The summed E-state index contributed by atoms with van der Waals surface area (Å²) in [7, 11) is 0. The van der Waals surface area contributed by atoms with Crippen LogP contribution in [-0.4, -0.2) is 19.0 Å². The third kappa shape index (κ3) is 3.83.